The molecule has 0 unspecified atom stereocenters. The molecule has 1 heterocycles. The number of amides is 3. The molecule has 6 heteroatoms. The Bertz CT molecular complexity index is 286. The van der Waals surface area contributed by atoms with E-state index in [1.807, 2.05) is 0 Å². The van der Waals surface area contributed by atoms with E-state index in [0.717, 1.165) is 25.7 Å². The van der Waals surface area contributed by atoms with Gasteiger partial charge in [-0.3, -0.25) is 4.79 Å². The van der Waals surface area contributed by atoms with E-state index in [0.29, 0.717) is 19.3 Å². The highest BCUT2D eigenvalue weighted by atomic mass is 16.5. The van der Waals surface area contributed by atoms with Crippen LogP contribution in [0.2, 0.25) is 0 Å². The van der Waals surface area contributed by atoms with Gasteiger partial charge in [-0.1, -0.05) is 0 Å². The van der Waals surface area contributed by atoms with Gasteiger partial charge in [-0.05, 0) is 25.7 Å². The summed E-state index contributed by atoms with van der Waals surface area (Å²) in [6.07, 6.45) is 3.78. The van der Waals surface area contributed by atoms with Gasteiger partial charge in [0.2, 0.25) is 5.91 Å². The van der Waals surface area contributed by atoms with Crippen molar-refractivity contribution in [1.82, 2.24) is 16.0 Å². The fourth-order valence-electron chi connectivity index (χ4n) is 1.75. The lowest BCUT2D eigenvalue weighted by atomic mass is 10.1. The van der Waals surface area contributed by atoms with Crippen LogP contribution in [0.5, 0.6) is 0 Å². The van der Waals surface area contributed by atoms with Crippen LogP contribution in [0.1, 0.15) is 25.7 Å². The Morgan fingerprint density at radius 2 is 1.65 bits per heavy atom. The molecule has 96 valence electrons. The van der Waals surface area contributed by atoms with Gasteiger partial charge in [-0.15, -0.1) is 0 Å². The highest BCUT2D eigenvalue weighted by Gasteiger charge is 2.23. The van der Waals surface area contributed by atoms with E-state index in [9.17, 15) is 9.59 Å². The molecule has 0 aromatic heterocycles. The zero-order chi connectivity index (χ0) is 12.1. The minimum absolute atomic E-state index is 0.0472. The highest BCUT2D eigenvalue weighted by molar-refractivity contribution is 5.84. The molecular formula is C11H19N3O3. The van der Waals surface area contributed by atoms with Crippen LogP contribution in [0.4, 0.5) is 4.79 Å². The lowest BCUT2D eigenvalue weighted by Crippen LogP contribution is -2.47. The lowest BCUT2D eigenvalue weighted by molar-refractivity contribution is -0.120. The topological polar surface area (TPSA) is 79.5 Å². The predicted molar refractivity (Wildman–Crippen MR) is 61.5 cm³/mol. The summed E-state index contributed by atoms with van der Waals surface area (Å²) in [6.45, 7) is 1.42. The van der Waals surface area contributed by atoms with Crippen LogP contribution in [-0.2, 0) is 9.53 Å². The molecule has 0 aromatic rings. The minimum Gasteiger partial charge on any atom is -0.381 e. The Labute approximate surface area is 100 Å². The van der Waals surface area contributed by atoms with Gasteiger partial charge in [-0.25, -0.2) is 4.79 Å². The van der Waals surface area contributed by atoms with Crippen molar-refractivity contribution in [3.8, 4) is 0 Å². The van der Waals surface area contributed by atoms with Gasteiger partial charge in [0.05, 0.1) is 6.54 Å². The first-order valence-electron chi connectivity index (χ1n) is 6.15. The van der Waals surface area contributed by atoms with Crippen molar-refractivity contribution < 1.29 is 14.3 Å². The van der Waals surface area contributed by atoms with Crippen molar-refractivity contribution in [1.29, 1.82) is 0 Å². The third-order valence-electron chi connectivity index (χ3n) is 2.91. The molecular weight excluding hydrogens is 222 g/mol. The molecule has 0 aromatic carbocycles. The van der Waals surface area contributed by atoms with Crippen LogP contribution < -0.4 is 16.0 Å². The fourth-order valence-corrected chi connectivity index (χ4v) is 1.75. The molecule has 0 atom stereocenters. The number of hydrogen-bond acceptors (Lipinski definition) is 3. The van der Waals surface area contributed by atoms with Gasteiger partial charge >= 0.3 is 6.03 Å². The predicted octanol–water partition coefficient (Wildman–Crippen LogP) is -0.257. The number of carbonyl (C=O) groups excluding carboxylic acids is 2. The number of ether oxygens (including phenoxy) is 1. The van der Waals surface area contributed by atoms with Gasteiger partial charge in [0.1, 0.15) is 0 Å². The van der Waals surface area contributed by atoms with E-state index >= 15 is 0 Å². The Morgan fingerprint density at radius 1 is 1.00 bits per heavy atom. The van der Waals surface area contributed by atoms with Gasteiger partial charge in [0.15, 0.2) is 0 Å². The van der Waals surface area contributed by atoms with Crippen molar-refractivity contribution in [2.45, 2.75) is 37.8 Å². The summed E-state index contributed by atoms with van der Waals surface area (Å²) < 4.78 is 5.19. The first-order valence-corrected chi connectivity index (χ1v) is 6.15. The summed E-state index contributed by atoms with van der Waals surface area (Å²) in [5.74, 6) is -0.116. The molecule has 0 radical (unpaired) electrons. The SMILES string of the molecule is O=C(CNC(=O)NC1CCOCC1)NC1CC1. The molecule has 1 aliphatic carbocycles. The maximum absolute atomic E-state index is 11.5. The Hall–Kier alpha value is -1.30. The van der Waals surface area contributed by atoms with E-state index in [1.54, 1.807) is 0 Å². The summed E-state index contributed by atoms with van der Waals surface area (Å²) in [7, 11) is 0. The third-order valence-corrected chi connectivity index (χ3v) is 2.91. The van der Waals surface area contributed by atoms with E-state index < -0.39 is 0 Å². The Morgan fingerprint density at radius 3 is 2.29 bits per heavy atom. The zero-order valence-electron chi connectivity index (χ0n) is 9.83. The summed E-state index contributed by atoms with van der Waals surface area (Å²) in [4.78, 5) is 22.8. The average molecular weight is 241 g/mol. The van der Waals surface area contributed by atoms with Gasteiger partial charge in [0, 0.05) is 25.3 Å². The van der Waals surface area contributed by atoms with Crippen molar-refractivity contribution in [3.63, 3.8) is 0 Å². The van der Waals surface area contributed by atoms with Gasteiger partial charge in [-0.2, -0.15) is 0 Å². The molecule has 1 saturated heterocycles. The smallest absolute Gasteiger partial charge is 0.315 e. The van der Waals surface area contributed by atoms with Gasteiger partial charge < -0.3 is 20.7 Å². The lowest BCUT2D eigenvalue weighted by Gasteiger charge is -2.23. The van der Waals surface area contributed by atoms with Crippen LogP contribution in [0, 0.1) is 0 Å². The molecule has 1 aliphatic heterocycles. The average Bonchev–Trinajstić information content (AvgIpc) is 3.12. The van der Waals surface area contributed by atoms with E-state index in [-0.39, 0.29) is 24.5 Å². The van der Waals surface area contributed by atoms with E-state index in [1.165, 1.54) is 0 Å². The molecule has 17 heavy (non-hydrogen) atoms. The molecule has 6 nitrogen and oxygen atoms in total. The molecule has 3 N–H and O–H groups in total. The quantitative estimate of drug-likeness (QED) is 0.634. The molecule has 0 spiro atoms. The molecule has 2 aliphatic rings. The van der Waals surface area contributed by atoms with E-state index in [2.05, 4.69) is 16.0 Å². The number of hydrogen-bond donors (Lipinski definition) is 3. The highest BCUT2D eigenvalue weighted by Crippen LogP contribution is 2.18. The standard InChI is InChI=1S/C11H19N3O3/c15-10(13-8-1-2-8)7-12-11(16)14-9-3-5-17-6-4-9/h8-9H,1-7H2,(H,13,15)(H2,12,14,16). The van der Waals surface area contributed by atoms with Crippen LogP contribution >= 0.6 is 0 Å². The maximum Gasteiger partial charge on any atom is 0.315 e. The first kappa shape index (κ1) is 12.2. The van der Waals surface area contributed by atoms with Crippen molar-refractivity contribution in [3.05, 3.63) is 0 Å². The van der Waals surface area contributed by atoms with Crippen LogP contribution in [0.15, 0.2) is 0 Å². The van der Waals surface area contributed by atoms with Crippen molar-refractivity contribution in [2.75, 3.05) is 19.8 Å². The van der Waals surface area contributed by atoms with E-state index in [4.69, 9.17) is 4.74 Å². The number of nitrogens with one attached hydrogen (secondary N) is 3. The second-order valence-corrected chi connectivity index (χ2v) is 4.56. The maximum atomic E-state index is 11.5. The normalized spacial score (nSPS) is 20.7. The fraction of sp³-hybridized carbons (Fsp3) is 0.818. The Kier molecular flexibility index (Phi) is 4.19. The summed E-state index contributed by atoms with van der Waals surface area (Å²) in [5.41, 5.74) is 0. The number of rotatable bonds is 4. The zero-order valence-corrected chi connectivity index (χ0v) is 9.83. The minimum atomic E-state index is -0.275. The second kappa shape index (κ2) is 5.86. The number of carbonyl (C=O) groups is 2. The van der Waals surface area contributed by atoms with Crippen LogP contribution in [-0.4, -0.2) is 43.8 Å². The largest absolute Gasteiger partial charge is 0.381 e. The number of urea groups is 1. The molecule has 0 bridgehead atoms. The van der Waals surface area contributed by atoms with Crippen molar-refractivity contribution >= 4 is 11.9 Å². The van der Waals surface area contributed by atoms with Crippen LogP contribution in [0.25, 0.3) is 0 Å². The molecule has 3 amide bonds. The third kappa shape index (κ3) is 4.60. The monoisotopic (exact) mass is 241 g/mol. The molecule has 2 fully saturated rings. The van der Waals surface area contributed by atoms with Crippen LogP contribution in [0.3, 0.4) is 0 Å². The summed E-state index contributed by atoms with van der Waals surface area (Å²) >= 11 is 0. The molecule has 1 saturated carbocycles. The molecule has 2 rings (SSSR count). The van der Waals surface area contributed by atoms with Crippen molar-refractivity contribution in [2.24, 2.45) is 0 Å². The van der Waals surface area contributed by atoms with Gasteiger partial charge in [0.25, 0.3) is 0 Å². The summed E-state index contributed by atoms with van der Waals surface area (Å²) in [5, 5.41) is 8.20. The summed E-state index contributed by atoms with van der Waals surface area (Å²) in [6, 6.07) is 0.223. The first-order chi connectivity index (χ1) is 8.24. The Balaban J connectivity index is 1.57. The second-order valence-electron chi connectivity index (χ2n) is 4.56.